The van der Waals surface area contributed by atoms with Crippen LogP contribution < -0.4 is 10.6 Å². The molecule has 2 amide bonds. The summed E-state index contributed by atoms with van der Waals surface area (Å²) in [6.45, 7) is 3.92. The second-order valence-electron chi connectivity index (χ2n) is 5.28. The Morgan fingerprint density at radius 2 is 1.41 bits per heavy atom. The third-order valence-electron chi connectivity index (χ3n) is 3.33. The van der Waals surface area contributed by atoms with Crippen molar-refractivity contribution in [2.75, 3.05) is 10.6 Å². The Kier molecular flexibility index (Phi) is 5.31. The lowest BCUT2D eigenvalue weighted by Gasteiger charge is -2.08. The molecule has 0 saturated heterocycles. The van der Waals surface area contributed by atoms with E-state index < -0.39 is 0 Å². The first-order valence-electron chi connectivity index (χ1n) is 7.26. The normalized spacial score (nSPS) is 10.1. The molecule has 114 valence electrons. The molecule has 0 saturated carbocycles. The van der Waals surface area contributed by atoms with Gasteiger partial charge >= 0.3 is 0 Å². The van der Waals surface area contributed by atoms with Crippen molar-refractivity contribution in [2.45, 2.75) is 26.7 Å². The van der Waals surface area contributed by atoms with Crippen LogP contribution in [0.1, 0.15) is 24.0 Å². The Morgan fingerprint density at radius 3 is 2.05 bits per heavy atom. The van der Waals surface area contributed by atoms with Crippen LogP contribution in [0.15, 0.2) is 48.5 Å². The van der Waals surface area contributed by atoms with Gasteiger partial charge in [0.1, 0.15) is 0 Å². The summed E-state index contributed by atoms with van der Waals surface area (Å²) in [7, 11) is 0. The lowest BCUT2D eigenvalue weighted by atomic mass is 10.2. The Bertz CT molecular complexity index is 663. The van der Waals surface area contributed by atoms with Gasteiger partial charge in [-0.05, 0) is 37.6 Å². The molecule has 4 heteroatoms. The topological polar surface area (TPSA) is 58.2 Å². The van der Waals surface area contributed by atoms with Gasteiger partial charge in [-0.25, -0.2) is 0 Å². The van der Waals surface area contributed by atoms with E-state index in [4.69, 9.17) is 0 Å². The first kappa shape index (κ1) is 15.8. The van der Waals surface area contributed by atoms with Crippen LogP contribution in [0.25, 0.3) is 0 Å². The number of nitrogens with one attached hydrogen (secondary N) is 2. The van der Waals surface area contributed by atoms with Gasteiger partial charge in [-0.3, -0.25) is 9.59 Å². The van der Waals surface area contributed by atoms with Crippen LogP contribution in [0.4, 0.5) is 11.4 Å². The minimum atomic E-state index is -0.163. The fourth-order valence-corrected chi connectivity index (χ4v) is 2.01. The van der Waals surface area contributed by atoms with Crippen molar-refractivity contribution >= 4 is 23.2 Å². The van der Waals surface area contributed by atoms with Crippen molar-refractivity contribution in [3.05, 3.63) is 59.7 Å². The van der Waals surface area contributed by atoms with Crippen molar-refractivity contribution in [3.63, 3.8) is 0 Å². The molecule has 2 aromatic carbocycles. The van der Waals surface area contributed by atoms with Gasteiger partial charge < -0.3 is 10.6 Å². The molecule has 2 rings (SSSR count). The zero-order valence-electron chi connectivity index (χ0n) is 12.8. The SMILES string of the molecule is Cc1ccc(NC(=O)CCC(=O)Nc2ccccc2C)cc1. The molecule has 0 radical (unpaired) electrons. The molecule has 0 atom stereocenters. The molecule has 0 unspecified atom stereocenters. The predicted octanol–water partition coefficient (Wildman–Crippen LogP) is 3.66. The largest absolute Gasteiger partial charge is 0.326 e. The lowest BCUT2D eigenvalue weighted by molar-refractivity contribution is -0.121. The second kappa shape index (κ2) is 7.41. The number of anilines is 2. The zero-order valence-corrected chi connectivity index (χ0v) is 12.8. The quantitative estimate of drug-likeness (QED) is 0.884. The van der Waals surface area contributed by atoms with E-state index in [1.54, 1.807) is 0 Å². The summed E-state index contributed by atoms with van der Waals surface area (Å²) >= 11 is 0. The molecule has 2 aromatic rings. The molecule has 22 heavy (non-hydrogen) atoms. The number of aryl methyl sites for hydroxylation is 2. The molecular weight excluding hydrogens is 276 g/mol. The monoisotopic (exact) mass is 296 g/mol. The number of rotatable bonds is 5. The van der Waals surface area contributed by atoms with Crippen molar-refractivity contribution in [1.82, 2.24) is 0 Å². The van der Waals surface area contributed by atoms with E-state index in [0.29, 0.717) is 0 Å². The number of para-hydroxylation sites is 1. The number of amides is 2. The highest BCUT2D eigenvalue weighted by Gasteiger charge is 2.08. The average molecular weight is 296 g/mol. The molecular formula is C18H20N2O2. The predicted molar refractivity (Wildman–Crippen MR) is 88.9 cm³/mol. The van der Waals surface area contributed by atoms with Crippen molar-refractivity contribution in [3.8, 4) is 0 Å². The molecule has 0 fully saturated rings. The van der Waals surface area contributed by atoms with Gasteiger partial charge in [-0.15, -0.1) is 0 Å². The van der Waals surface area contributed by atoms with Crippen LogP contribution in [0.5, 0.6) is 0 Å². The number of carbonyl (C=O) groups is 2. The zero-order chi connectivity index (χ0) is 15.9. The molecule has 0 aromatic heterocycles. The molecule has 0 aliphatic rings. The number of benzene rings is 2. The summed E-state index contributed by atoms with van der Waals surface area (Å²) in [5.41, 5.74) is 3.66. The summed E-state index contributed by atoms with van der Waals surface area (Å²) < 4.78 is 0. The number of hydrogen-bond donors (Lipinski definition) is 2. The molecule has 0 spiro atoms. The van der Waals surface area contributed by atoms with Crippen molar-refractivity contribution in [1.29, 1.82) is 0 Å². The third-order valence-corrected chi connectivity index (χ3v) is 3.33. The van der Waals surface area contributed by atoms with Crippen LogP contribution >= 0.6 is 0 Å². The van der Waals surface area contributed by atoms with Gasteiger partial charge in [0.25, 0.3) is 0 Å². The summed E-state index contributed by atoms with van der Waals surface area (Å²) in [6.07, 6.45) is 0.317. The molecule has 0 aliphatic carbocycles. The van der Waals surface area contributed by atoms with E-state index >= 15 is 0 Å². The average Bonchev–Trinajstić information content (AvgIpc) is 2.50. The highest BCUT2D eigenvalue weighted by Crippen LogP contribution is 2.14. The van der Waals surface area contributed by atoms with E-state index in [0.717, 1.165) is 22.5 Å². The Labute approximate surface area is 130 Å². The van der Waals surface area contributed by atoms with E-state index in [9.17, 15) is 9.59 Å². The van der Waals surface area contributed by atoms with E-state index in [-0.39, 0.29) is 24.7 Å². The fraction of sp³-hybridized carbons (Fsp3) is 0.222. The standard InChI is InChI=1S/C18H20N2O2/c1-13-7-9-15(10-8-13)19-17(21)11-12-18(22)20-16-6-4-3-5-14(16)2/h3-10H,11-12H2,1-2H3,(H,19,21)(H,20,22). The maximum atomic E-state index is 11.9. The van der Waals surface area contributed by atoms with Gasteiger partial charge in [0, 0.05) is 24.2 Å². The summed E-state index contributed by atoms with van der Waals surface area (Å²) in [5, 5.41) is 5.60. The van der Waals surface area contributed by atoms with Crippen LogP contribution in [0.2, 0.25) is 0 Å². The summed E-state index contributed by atoms with van der Waals surface area (Å²) in [6, 6.07) is 15.1. The maximum Gasteiger partial charge on any atom is 0.224 e. The van der Waals surface area contributed by atoms with Crippen molar-refractivity contribution < 1.29 is 9.59 Å². The summed E-state index contributed by atoms with van der Waals surface area (Å²) in [5.74, 6) is -0.322. The van der Waals surface area contributed by atoms with Crippen LogP contribution in [0, 0.1) is 13.8 Å². The van der Waals surface area contributed by atoms with Gasteiger partial charge in [0.15, 0.2) is 0 Å². The third kappa shape index (κ3) is 4.74. The van der Waals surface area contributed by atoms with E-state index in [2.05, 4.69) is 10.6 Å². The van der Waals surface area contributed by atoms with Crippen LogP contribution in [-0.4, -0.2) is 11.8 Å². The fourth-order valence-electron chi connectivity index (χ4n) is 2.01. The first-order valence-corrected chi connectivity index (χ1v) is 7.26. The Morgan fingerprint density at radius 1 is 0.818 bits per heavy atom. The Balaban J connectivity index is 1.79. The van der Waals surface area contributed by atoms with Crippen LogP contribution in [-0.2, 0) is 9.59 Å². The van der Waals surface area contributed by atoms with Gasteiger partial charge in [0.05, 0.1) is 0 Å². The van der Waals surface area contributed by atoms with Gasteiger partial charge in [0.2, 0.25) is 11.8 Å². The van der Waals surface area contributed by atoms with Gasteiger partial charge in [-0.2, -0.15) is 0 Å². The number of hydrogen-bond acceptors (Lipinski definition) is 2. The highest BCUT2D eigenvalue weighted by molar-refractivity contribution is 5.97. The molecule has 0 aliphatic heterocycles. The minimum absolute atomic E-state index is 0.158. The molecule has 4 nitrogen and oxygen atoms in total. The molecule has 0 heterocycles. The smallest absolute Gasteiger partial charge is 0.224 e. The Hall–Kier alpha value is -2.62. The lowest BCUT2D eigenvalue weighted by Crippen LogP contribution is -2.17. The van der Waals surface area contributed by atoms with Crippen molar-refractivity contribution in [2.24, 2.45) is 0 Å². The van der Waals surface area contributed by atoms with E-state index in [1.165, 1.54) is 0 Å². The second-order valence-corrected chi connectivity index (χ2v) is 5.28. The highest BCUT2D eigenvalue weighted by atomic mass is 16.2. The maximum absolute atomic E-state index is 11.9. The van der Waals surface area contributed by atoms with Crippen LogP contribution in [0.3, 0.4) is 0 Å². The minimum Gasteiger partial charge on any atom is -0.326 e. The molecule has 2 N–H and O–H groups in total. The summed E-state index contributed by atoms with van der Waals surface area (Å²) in [4.78, 5) is 23.7. The first-order chi connectivity index (χ1) is 10.5. The van der Waals surface area contributed by atoms with E-state index in [1.807, 2.05) is 62.4 Å². The van der Waals surface area contributed by atoms with Gasteiger partial charge in [-0.1, -0.05) is 35.9 Å². The number of carbonyl (C=O) groups excluding carboxylic acids is 2. The molecule has 0 bridgehead atoms.